The minimum Gasteiger partial charge on any atom is -0.480 e. The lowest BCUT2D eigenvalue weighted by Crippen LogP contribution is -2.22. The molecule has 1 rings (SSSR count). The van der Waals surface area contributed by atoms with Crippen molar-refractivity contribution in [1.29, 1.82) is 0 Å². The summed E-state index contributed by atoms with van der Waals surface area (Å²) in [6.07, 6.45) is 0. The van der Waals surface area contributed by atoms with E-state index in [-0.39, 0.29) is 19.0 Å². The van der Waals surface area contributed by atoms with E-state index in [1.807, 2.05) is 30.3 Å². The lowest BCUT2D eigenvalue weighted by molar-refractivity contribution is -0.139. The third kappa shape index (κ3) is 5.53. The van der Waals surface area contributed by atoms with Gasteiger partial charge < -0.3 is 5.11 Å². The number of carboxylic acid groups (broad SMARTS) is 1. The Labute approximate surface area is 88.3 Å². The number of carboxylic acids is 1. The van der Waals surface area contributed by atoms with Gasteiger partial charge in [0.1, 0.15) is 6.54 Å². The molecule has 2 N–H and O–H groups in total. The van der Waals surface area contributed by atoms with Crippen LogP contribution in [0.15, 0.2) is 30.3 Å². The molecule has 0 aliphatic carbocycles. The van der Waals surface area contributed by atoms with Crippen LogP contribution in [-0.4, -0.2) is 17.6 Å². The van der Waals surface area contributed by atoms with E-state index in [4.69, 9.17) is 9.94 Å². The molecule has 1 aromatic rings. The summed E-state index contributed by atoms with van der Waals surface area (Å²) in [5.74, 6) is -0.937. The monoisotopic (exact) mass is 217 g/mol. The molecule has 0 aromatic heterocycles. The van der Waals surface area contributed by atoms with Crippen molar-refractivity contribution >= 4 is 18.4 Å². The molecule has 5 heteroatoms. The lowest BCUT2D eigenvalue weighted by atomic mass is 10.2. The Bertz CT molecular complexity index is 266. The molecule has 1 aromatic carbocycles. The van der Waals surface area contributed by atoms with Gasteiger partial charge in [-0.3, -0.25) is 9.63 Å². The van der Waals surface area contributed by atoms with E-state index in [2.05, 4.69) is 5.48 Å². The zero-order valence-electron chi connectivity index (χ0n) is 7.47. The van der Waals surface area contributed by atoms with Gasteiger partial charge in [0.2, 0.25) is 0 Å². The molecule has 0 saturated heterocycles. The number of hydroxylamine groups is 1. The van der Waals surface area contributed by atoms with Crippen molar-refractivity contribution in [2.24, 2.45) is 0 Å². The predicted molar refractivity (Wildman–Crippen MR) is 54.1 cm³/mol. The van der Waals surface area contributed by atoms with Crippen LogP contribution < -0.4 is 5.48 Å². The van der Waals surface area contributed by atoms with Crippen LogP contribution in [-0.2, 0) is 16.2 Å². The highest BCUT2D eigenvalue weighted by atomic mass is 35.5. The maximum absolute atomic E-state index is 10.1. The minimum atomic E-state index is -0.937. The summed E-state index contributed by atoms with van der Waals surface area (Å²) in [4.78, 5) is 15.0. The van der Waals surface area contributed by atoms with Crippen LogP contribution in [0.3, 0.4) is 0 Å². The lowest BCUT2D eigenvalue weighted by Gasteiger charge is -2.02. The zero-order chi connectivity index (χ0) is 9.52. The van der Waals surface area contributed by atoms with Crippen LogP contribution >= 0.6 is 12.4 Å². The molecule has 0 atom stereocenters. The van der Waals surface area contributed by atoms with Gasteiger partial charge in [-0.05, 0) is 5.56 Å². The first-order chi connectivity index (χ1) is 6.29. The standard InChI is InChI=1S/C9H11NO3.ClH/c11-9(12)6-10-13-7-8-4-2-1-3-5-8;/h1-5,10H,6-7H2,(H,11,12);1H. The van der Waals surface area contributed by atoms with Gasteiger partial charge in [0, 0.05) is 0 Å². The van der Waals surface area contributed by atoms with E-state index < -0.39 is 5.97 Å². The topological polar surface area (TPSA) is 58.6 Å². The molecule has 0 amide bonds. The number of rotatable bonds is 5. The fourth-order valence-electron chi connectivity index (χ4n) is 0.821. The highest BCUT2D eigenvalue weighted by molar-refractivity contribution is 5.85. The SMILES string of the molecule is Cl.O=C(O)CNOCc1ccccc1. The van der Waals surface area contributed by atoms with Gasteiger partial charge in [-0.1, -0.05) is 30.3 Å². The maximum atomic E-state index is 10.1. The van der Waals surface area contributed by atoms with Crippen LogP contribution in [0, 0.1) is 0 Å². The van der Waals surface area contributed by atoms with Crippen molar-refractivity contribution in [2.75, 3.05) is 6.54 Å². The Balaban J connectivity index is 0.00000169. The van der Waals surface area contributed by atoms with Crippen molar-refractivity contribution in [3.05, 3.63) is 35.9 Å². The van der Waals surface area contributed by atoms with Gasteiger partial charge >= 0.3 is 5.97 Å². The number of nitrogens with one attached hydrogen (secondary N) is 1. The third-order valence-corrected chi connectivity index (χ3v) is 1.41. The van der Waals surface area contributed by atoms with Crippen LogP contribution in [0.2, 0.25) is 0 Å². The Morgan fingerprint density at radius 3 is 2.57 bits per heavy atom. The fraction of sp³-hybridized carbons (Fsp3) is 0.222. The molecule has 14 heavy (non-hydrogen) atoms. The summed E-state index contributed by atoms with van der Waals surface area (Å²) < 4.78 is 0. The first-order valence-corrected chi connectivity index (χ1v) is 3.89. The molecular formula is C9H12ClNO3. The summed E-state index contributed by atoms with van der Waals surface area (Å²) in [5.41, 5.74) is 3.33. The Kier molecular flexibility index (Phi) is 6.74. The van der Waals surface area contributed by atoms with Gasteiger partial charge in [0.25, 0.3) is 0 Å². The highest BCUT2D eigenvalue weighted by Gasteiger charge is 1.95. The number of hydrogen-bond donors (Lipinski definition) is 2. The molecular weight excluding hydrogens is 206 g/mol. The third-order valence-electron chi connectivity index (χ3n) is 1.41. The number of benzene rings is 1. The molecule has 0 aliphatic heterocycles. The maximum Gasteiger partial charge on any atom is 0.319 e. The van der Waals surface area contributed by atoms with Crippen molar-refractivity contribution in [3.8, 4) is 0 Å². The molecule has 0 radical (unpaired) electrons. The van der Waals surface area contributed by atoms with Gasteiger partial charge in [-0.15, -0.1) is 12.4 Å². The van der Waals surface area contributed by atoms with Gasteiger partial charge in [-0.25, -0.2) is 0 Å². The van der Waals surface area contributed by atoms with Crippen LogP contribution in [0.5, 0.6) is 0 Å². The van der Waals surface area contributed by atoms with E-state index in [0.717, 1.165) is 5.56 Å². The van der Waals surface area contributed by atoms with Crippen LogP contribution in [0.25, 0.3) is 0 Å². The molecule has 0 bridgehead atoms. The van der Waals surface area contributed by atoms with Gasteiger partial charge in [-0.2, -0.15) is 5.48 Å². The first kappa shape index (κ1) is 12.9. The van der Waals surface area contributed by atoms with Crippen molar-refractivity contribution in [3.63, 3.8) is 0 Å². The van der Waals surface area contributed by atoms with Crippen molar-refractivity contribution in [1.82, 2.24) is 5.48 Å². The van der Waals surface area contributed by atoms with Crippen molar-refractivity contribution in [2.45, 2.75) is 6.61 Å². The van der Waals surface area contributed by atoms with E-state index >= 15 is 0 Å². The van der Waals surface area contributed by atoms with E-state index in [0.29, 0.717) is 6.61 Å². The van der Waals surface area contributed by atoms with Gasteiger partial charge in [0.05, 0.1) is 6.61 Å². The van der Waals surface area contributed by atoms with E-state index in [1.165, 1.54) is 0 Å². The number of halogens is 1. The van der Waals surface area contributed by atoms with E-state index in [9.17, 15) is 4.79 Å². The molecule has 0 spiro atoms. The molecule has 0 aliphatic rings. The quantitative estimate of drug-likeness (QED) is 0.575. The molecule has 0 heterocycles. The predicted octanol–water partition coefficient (Wildman–Crippen LogP) is 1.21. The largest absolute Gasteiger partial charge is 0.480 e. The number of aliphatic carboxylic acids is 1. The Morgan fingerprint density at radius 2 is 2.00 bits per heavy atom. The average Bonchev–Trinajstić information content (AvgIpc) is 2.14. The van der Waals surface area contributed by atoms with Crippen LogP contribution in [0.4, 0.5) is 0 Å². The summed E-state index contributed by atoms with van der Waals surface area (Å²) in [6, 6.07) is 9.52. The smallest absolute Gasteiger partial charge is 0.319 e. The normalized spacial score (nSPS) is 9.14. The summed E-state index contributed by atoms with van der Waals surface area (Å²) in [6.45, 7) is 0.182. The van der Waals surface area contributed by atoms with E-state index in [1.54, 1.807) is 0 Å². The number of carbonyl (C=O) groups is 1. The van der Waals surface area contributed by atoms with Crippen LogP contribution in [0.1, 0.15) is 5.56 Å². The number of hydrogen-bond acceptors (Lipinski definition) is 3. The summed E-state index contributed by atoms with van der Waals surface area (Å²) in [7, 11) is 0. The Morgan fingerprint density at radius 1 is 1.36 bits per heavy atom. The average molecular weight is 218 g/mol. The molecule has 0 fully saturated rings. The Hall–Kier alpha value is -1.10. The molecule has 0 unspecified atom stereocenters. The molecule has 78 valence electrons. The second-order valence-electron chi connectivity index (χ2n) is 2.49. The second-order valence-corrected chi connectivity index (χ2v) is 2.49. The van der Waals surface area contributed by atoms with Gasteiger partial charge in [0.15, 0.2) is 0 Å². The summed E-state index contributed by atoms with van der Waals surface area (Å²) in [5, 5.41) is 8.27. The fourth-order valence-corrected chi connectivity index (χ4v) is 0.821. The minimum absolute atomic E-state index is 0. The second kappa shape index (κ2) is 7.32. The van der Waals surface area contributed by atoms with Crippen molar-refractivity contribution < 1.29 is 14.7 Å². The first-order valence-electron chi connectivity index (χ1n) is 3.89. The zero-order valence-corrected chi connectivity index (χ0v) is 8.29. The molecule has 4 nitrogen and oxygen atoms in total. The molecule has 0 saturated carbocycles. The highest BCUT2D eigenvalue weighted by Crippen LogP contribution is 1.98. The summed E-state index contributed by atoms with van der Waals surface area (Å²) >= 11 is 0.